The van der Waals surface area contributed by atoms with Crippen molar-refractivity contribution in [3.8, 4) is 34.0 Å². The molecule has 1 heterocycles. The summed E-state index contributed by atoms with van der Waals surface area (Å²) in [5.74, 6) is 2.74. The fourth-order valence-corrected chi connectivity index (χ4v) is 5.31. The van der Waals surface area contributed by atoms with E-state index < -0.39 is 0 Å². The van der Waals surface area contributed by atoms with Crippen LogP contribution in [0.25, 0.3) is 22.5 Å². The third-order valence-corrected chi connectivity index (χ3v) is 7.42. The van der Waals surface area contributed by atoms with Gasteiger partial charge in [0.05, 0.1) is 25.6 Å². The number of nitrogens with zero attached hydrogens (tertiary/aromatic N) is 2. The zero-order chi connectivity index (χ0) is 26.5. The third kappa shape index (κ3) is 8.29. The lowest BCUT2D eigenvalue weighted by Gasteiger charge is -2.11. The quantitative estimate of drug-likeness (QED) is 0.159. The van der Waals surface area contributed by atoms with Gasteiger partial charge in [-0.05, 0) is 74.7 Å². The number of imidazole rings is 1. The van der Waals surface area contributed by atoms with Gasteiger partial charge >= 0.3 is 0 Å². The summed E-state index contributed by atoms with van der Waals surface area (Å²) in [4.78, 5) is 17.2. The molecule has 7 heteroatoms. The smallest absolute Gasteiger partial charge is 0.219 e. The monoisotopic (exact) mass is 523 g/mol. The van der Waals surface area contributed by atoms with Crippen molar-refractivity contribution in [3.63, 3.8) is 0 Å². The minimum absolute atomic E-state index is 0.167. The molecule has 0 radical (unpaired) electrons. The van der Waals surface area contributed by atoms with E-state index in [1.54, 1.807) is 26.0 Å². The normalized spacial score (nSPS) is 10.9. The Morgan fingerprint density at radius 3 is 2.11 bits per heavy atom. The molecule has 0 atom stereocenters. The lowest BCUT2D eigenvalue weighted by Crippen LogP contribution is -2.23. The highest BCUT2D eigenvalue weighted by Gasteiger charge is 2.20. The Balaban J connectivity index is 1.69. The molecule has 0 aliphatic carbocycles. The number of methoxy groups -OCH3 is 2. The average Bonchev–Trinajstić information content (AvgIpc) is 3.31. The Hall–Kier alpha value is -2.93. The summed E-state index contributed by atoms with van der Waals surface area (Å²) in [6, 6.07) is 16.2. The maximum Gasteiger partial charge on any atom is 0.219 e. The molecule has 0 unspecified atom stereocenters. The minimum atomic E-state index is 0.167. The first kappa shape index (κ1) is 28.6. The summed E-state index contributed by atoms with van der Waals surface area (Å²) in [6.07, 6.45) is 7.16. The molecule has 2 aromatic carbocycles. The Labute approximate surface area is 226 Å². The second-order valence-electron chi connectivity index (χ2n) is 9.01. The van der Waals surface area contributed by atoms with Gasteiger partial charge in [-0.3, -0.25) is 4.79 Å². The highest BCUT2D eigenvalue weighted by Crippen LogP contribution is 2.37. The molecule has 1 N–H and O–H groups in total. The predicted octanol–water partition coefficient (Wildman–Crippen LogP) is 7.21. The van der Waals surface area contributed by atoms with Crippen molar-refractivity contribution in [1.82, 2.24) is 14.9 Å². The molecule has 0 saturated carbocycles. The van der Waals surface area contributed by atoms with Gasteiger partial charge in [0.1, 0.15) is 11.5 Å². The molecule has 6 nitrogen and oxygen atoms in total. The lowest BCUT2D eigenvalue weighted by molar-refractivity contribution is -0.121. The molecular formula is C30H41N3O3S. The second kappa shape index (κ2) is 15.4. The van der Waals surface area contributed by atoms with Crippen LogP contribution in [0, 0.1) is 0 Å². The Bertz CT molecular complexity index is 1090. The van der Waals surface area contributed by atoms with E-state index in [4.69, 9.17) is 14.5 Å². The van der Waals surface area contributed by atoms with Crippen molar-refractivity contribution in [2.45, 2.75) is 70.5 Å². The first-order valence-corrected chi connectivity index (χ1v) is 14.4. The number of carbonyl (C=O) groups excluding carboxylic acids is 1. The zero-order valence-corrected chi connectivity index (χ0v) is 23.5. The molecule has 1 aromatic heterocycles. The van der Waals surface area contributed by atoms with Gasteiger partial charge in [-0.2, -0.15) is 0 Å². The lowest BCUT2D eigenvalue weighted by atomic mass is 10.0. The third-order valence-electron chi connectivity index (χ3n) is 6.36. The van der Waals surface area contributed by atoms with Gasteiger partial charge in [0.25, 0.3) is 0 Å². The molecule has 0 spiro atoms. The number of ether oxygens (including phenoxy) is 2. The first-order valence-electron chi connectivity index (χ1n) is 13.4. The highest BCUT2D eigenvalue weighted by molar-refractivity contribution is 7.99. The fraction of sp³-hybridized carbons (Fsp3) is 0.467. The maximum absolute atomic E-state index is 12.1. The van der Waals surface area contributed by atoms with Crippen LogP contribution < -0.4 is 14.8 Å². The van der Waals surface area contributed by atoms with Gasteiger partial charge in [0.2, 0.25) is 5.91 Å². The van der Waals surface area contributed by atoms with Crippen LogP contribution in [0.5, 0.6) is 11.5 Å². The van der Waals surface area contributed by atoms with Crippen LogP contribution in [-0.4, -0.2) is 42.0 Å². The number of hydrogen-bond donors (Lipinski definition) is 1. The first-order chi connectivity index (χ1) is 18.1. The van der Waals surface area contributed by atoms with Crippen LogP contribution in [0.3, 0.4) is 0 Å². The number of aromatic nitrogens is 2. The van der Waals surface area contributed by atoms with Gasteiger partial charge in [0, 0.05) is 36.4 Å². The van der Waals surface area contributed by atoms with Crippen LogP contribution in [0.15, 0.2) is 53.7 Å². The van der Waals surface area contributed by atoms with Crippen LogP contribution in [0.2, 0.25) is 0 Å². The summed E-state index contributed by atoms with van der Waals surface area (Å²) in [5, 5.41) is 4.05. The van der Waals surface area contributed by atoms with E-state index in [-0.39, 0.29) is 5.91 Å². The number of benzene rings is 2. The molecule has 3 aromatic rings. The van der Waals surface area contributed by atoms with Crippen molar-refractivity contribution in [2.75, 3.05) is 26.5 Å². The molecule has 0 fully saturated rings. The Morgan fingerprint density at radius 2 is 1.51 bits per heavy atom. The number of nitrogens with one attached hydrogen (secondary N) is 1. The van der Waals surface area contributed by atoms with E-state index in [1.807, 2.05) is 24.3 Å². The summed E-state index contributed by atoms with van der Waals surface area (Å²) in [6.45, 7) is 5.96. The van der Waals surface area contributed by atoms with Crippen LogP contribution in [0.1, 0.15) is 58.8 Å². The fourth-order valence-electron chi connectivity index (χ4n) is 4.25. The molecule has 0 aliphatic rings. The topological polar surface area (TPSA) is 65.4 Å². The molecule has 0 aliphatic heterocycles. The van der Waals surface area contributed by atoms with Crippen LogP contribution >= 0.6 is 11.8 Å². The van der Waals surface area contributed by atoms with Gasteiger partial charge in [-0.15, -0.1) is 0 Å². The Morgan fingerprint density at radius 1 is 0.865 bits per heavy atom. The van der Waals surface area contributed by atoms with Crippen LogP contribution in [0.4, 0.5) is 0 Å². The maximum atomic E-state index is 12.1. The molecule has 0 saturated heterocycles. The van der Waals surface area contributed by atoms with Crippen molar-refractivity contribution >= 4 is 17.7 Å². The predicted molar refractivity (Wildman–Crippen MR) is 154 cm³/mol. The van der Waals surface area contributed by atoms with Crippen molar-refractivity contribution in [2.24, 2.45) is 0 Å². The van der Waals surface area contributed by atoms with Gasteiger partial charge < -0.3 is 19.4 Å². The summed E-state index contributed by atoms with van der Waals surface area (Å²) >= 11 is 1.76. The number of rotatable bonds is 16. The molecule has 1 amide bonds. The van der Waals surface area contributed by atoms with E-state index in [0.717, 1.165) is 77.3 Å². The molecule has 200 valence electrons. The number of thioether (sulfide) groups is 1. The van der Waals surface area contributed by atoms with Gasteiger partial charge in [-0.1, -0.05) is 37.9 Å². The van der Waals surface area contributed by atoms with Gasteiger partial charge in [-0.25, -0.2) is 4.98 Å². The number of hydrogen-bond acceptors (Lipinski definition) is 5. The van der Waals surface area contributed by atoms with Gasteiger partial charge in [0.15, 0.2) is 5.16 Å². The molecule has 0 bridgehead atoms. The summed E-state index contributed by atoms with van der Waals surface area (Å²) < 4.78 is 13.0. The second-order valence-corrected chi connectivity index (χ2v) is 10.1. The summed E-state index contributed by atoms with van der Waals surface area (Å²) in [7, 11) is 3.36. The van der Waals surface area contributed by atoms with Crippen molar-refractivity contribution < 1.29 is 14.3 Å². The highest BCUT2D eigenvalue weighted by atomic mass is 32.2. The van der Waals surface area contributed by atoms with Crippen molar-refractivity contribution in [1.29, 1.82) is 0 Å². The van der Waals surface area contributed by atoms with E-state index in [1.165, 1.54) is 19.3 Å². The molecule has 37 heavy (non-hydrogen) atoms. The largest absolute Gasteiger partial charge is 0.497 e. The summed E-state index contributed by atoms with van der Waals surface area (Å²) in [5.41, 5.74) is 4.21. The van der Waals surface area contributed by atoms with E-state index in [9.17, 15) is 4.79 Å². The van der Waals surface area contributed by atoms with E-state index >= 15 is 0 Å². The van der Waals surface area contributed by atoms with E-state index in [0.29, 0.717) is 6.42 Å². The average molecular weight is 524 g/mol. The zero-order valence-electron chi connectivity index (χ0n) is 22.7. The van der Waals surface area contributed by atoms with Crippen LogP contribution in [-0.2, 0) is 11.3 Å². The number of carbonyl (C=O) groups is 1. The number of amides is 1. The van der Waals surface area contributed by atoms with E-state index in [2.05, 4.69) is 48.0 Å². The standard InChI is InChI=1S/C30H41N3O3S/c1-5-7-8-10-21-31-27(34)12-9-11-22-37-30-32-28(23-13-17-25(35-3)18-14-23)29(33(30)6-2)24-15-19-26(36-4)20-16-24/h13-20H,5-12,21-22H2,1-4H3,(H,31,34). The molecular weight excluding hydrogens is 482 g/mol. The van der Waals surface area contributed by atoms with Crippen molar-refractivity contribution in [3.05, 3.63) is 48.5 Å². The number of unbranched alkanes of at least 4 members (excludes halogenated alkanes) is 4. The Kier molecular flexibility index (Phi) is 11.9. The molecule has 3 rings (SSSR count). The SMILES string of the molecule is CCCCCCNC(=O)CCCCSc1nc(-c2ccc(OC)cc2)c(-c2ccc(OC)cc2)n1CC. The minimum Gasteiger partial charge on any atom is -0.497 e.